The zero-order valence-electron chi connectivity index (χ0n) is 11.3. The number of aromatic nitrogens is 1. The van der Waals surface area contributed by atoms with E-state index in [9.17, 15) is 9.50 Å². The van der Waals surface area contributed by atoms with E-state index in [-0.39, 0.29) is 11.6 Å². The van der Waals surface area contributed by atoms with Gasteiger partial charge in [0.25, 0.3) is 0 Å². The standard InChI is InChI=1S/C16H11FN2OS2/c17-12-8-4-5-9-13(12)18-10-14-15(20)19(16(21)22-14)11-6-2-1-3-7-11/h1-10,20H. The van der Waals surface area contributed by atoms with Crippen LogP contribution in [0, 0.1) is 9.77 Å². The molecule has 1 heterocycles. The molecule has 0 radical (unpaired) electrons. The van der Waals surface area contributed by atoms with Crippen LogP contribution in [-0.4, -0.2) is 15.9 Å². The average Bonchev–Trinajstić information content (AvgIpc) is 2.81. The molecule has 110 valence electrons. The second-order valence-corrected chi connectivity index (χ2v) is 6.11. The number of nitrogens with zero attached hydrogens (tertiary/aromatic N) is 2. The Balaban J connectivity index is 2.01. The van der Waals surface area contributed by atoms with Gasteiger partial charge in [-0.15, -0.1) is 0 Å². The topological polar surface area (TPSA) is 37.5 Å². The largest absolute Gasteiger partial charge is 0.493 e. The van der Waals surface area contributed by atoms with Gasteiger partial charge in [0.15, 0.2) is 3.95 Å². The van der Waals surface area contributed by atoms with Gasteiger partial charge in [-0.2, -0.15) is 0 Å². The van der Waals surface area contributed by atoms with Gasteiger partial charge >= 0.3 is 0 Å². The van der Waals surface area contributed by atoms with Crippen molar-refractivity contribution in [2.45, 2.75) is 0 Å². The van der Waals surface area contributed by atoms with Crippen LogP contribution in [0.3, 0.4) is 0 Å². The van der Waals surface area contributed by atoms with Gasteiger partial charge in [0, 0.05) is 0 Å². The Morgan fingerprint density at radius 1 is 1.09 bits per heavy atom. The lowest BCUT2D eigenvalue weighted by Crippen LogP contribution is -1.92. The lowest BCUT2D eigenvalue weighted by Gasteiger charge is -2.03. The molecule has 3 nitrogen and oxygen atoms in total. The highest BCUT2D eigenvalue weighted by molar-refractivity contribution is 7.73. The Labute approximate surface area is 135 Å². The normalized spacial score (nSPS) is 11.1. The second-order valence-electron chi connectivity index (χ2n) is 4.44. The van der Waals surface area contributed by atoms with E-state index < -0.39 is 5.82 Å². The number of rotatable bonds is 3. The van der Waals surface area contributed by atoms with Gasteiger partial charge in [-0.05, 0) is 36.5 Å². The van der Waals surface area contributed by atoms with Crippen molar-refractivity contribution in [2.75, 3.05) is 0 Å². The lowest BCUT2D eigenvalue weighted by molar-refractivity contribution is 0.441. The number of halogens is 1. The van der Waals surface area contributed by atoms with Crippen molar-refractivity contribution in [1.29, 1.82) is 0 Å². The summed E-state index contributed by atoms with van der Waals surface area (Å²) in [5, 5.41) is 10.3. The second kappa shape index (κ2) is 6.21. The quantitative estimate of drug-likeness (QED) is 0.550. The lowest BCUT2D eigenvalue weighted by atomic mass is 10.3. The molecule has 6 heteroatoms. The van der Waals surface area contributed by atoms with Gasteiger partial charge < -0.3 is 5.11 Å². The average molecular weight is 330 g/mol. The van der Waals surface area contributed by atoms with E-state index in [4.69, 9.17) is 12.2 Å². The summed E-state index contributed by atoms with van der Waals surface area (Å²) < 4.78 is 15.6. The monoisotopic (exact) mass is 330 g/mol. The number of aromatic hydroxyl groups is 1. The van der Waals surface area contributed by atoms with Crippen LogP contribution in [-0.2, 0) is 0 Å². The molecule has 0 unspecified atom stereocenters. The first kappa shape index (κ1) is 14.6. The molecule has 0 saturated heterocycles. The number of hydrogen-bond donors (Lipinski definition) is 1. The van der Waals surface area contributed by atoms with Crippen molar-refractivity contribution in [1.82, 2.24) is 4.57 Å². The molecule has 0 fully saturated rings. The molecule has 2 aromatic carbocycles. The van der Waals surface area contributed by atoms with Crippen molar-refractivity contribution in [3.05, 3.63) is 69.2 Å². The molecule has 0 spiro atoms. The minimum absolute atomic E-state index is 0.00119. The fraction of sp³-hybridized carbons (Fsp3) is 0. The summed E-state index contributed by atoms with van der Waals surface area (Å²) >= 11 is 6.50. The van der Waals surface area contributed by atoms with Gasteiger partial charge in [0.05, 0.1) is 17.6 Å². The molecule has 1 aromatic heterocycles. The van der Waals surface area contributed by atoms with Crippen molar-refractivity contribution in [3.8, 4) is 11.6 Å². The van der Waals surface area contributed by atoms with Crippen molar-refractivity contribution >= 4 is 35.5 Å². The molecule has 0 aliphatic carbocycles. The molecular weight excluding hydrogens is 319 g/mol. The van der Waals surface area contributed by atoms with Crippen molar-refractivity contribution in [2.24, 2.45) is 4.99 Å². The summed E-state index contributed by atoms with van der Waals surface area (Å²) in [6.45, 7) is 0. The third-order valence-corrected chi connectivity index (χ3v) is 4.30. The van der Waals surface area contributed by atoms with Crippen molar-refractivity contribution < 1.29 is 9.50 Å². The molecule has 3 aromatic rings. The van der Waals surface area contributed by atoms with Crippen LogP contribution in [0.15, 0.2) is 59.6 Å². The Hall–Kier alpha value is -2.31. The third-order valence-electron chi connectivity index (χ3n) is 3.00. The fourth-order valence-corrected chi connectivity index (χ4v) is 3.18. The van der Waals surface area contributed by atoms with Crippen LogP contribution in [0.25, 0.3) is 5.69 Å². The van der Waals surface area contributed by atoms with Crippen LogP contribution in [0.2, 0.25) is 0 Å². The minimum atomic E-state index is -0.413. The van der Waals surface area contributed by atoms with Crippen LogP contribution in [0.1, 0.15) is 4.88 Å². The molecular formula is C16H11FN2OS2. The first-order valence-corrected chi connectivity index (χ1v) is 7.68. The highest BCUT2D eigenvalue weighted by Gasteiger charge is 2.11. The molecule has 0 atom stereocenters. The maximum absolute atomic E-state index is 13.5. The number of hydrogen-bond acceptors (Lipinski definition) is 4. The smallest absolute Gasteiger partial charge is 0.216 e. The molecule has 0 aliphatic rings. The maximum Gasteiger partial charge on any atom is 0.216 e. The molecule has 0 amide bonds. The Morgan fingerprint density at radius 2 is 1.77 bits per heavy atom. The van der Waals surface area contributed by atoms with Crippen molar-refractivity contribution in [3.63, 3.8) is 0 Å². The van der Waals surface area contributed by atoms with Gasteiger partial charge in [-0.3, -0.25) is 9.56 Å². The molecule has 3 rings (SSSR count). The van der Waals surface area contributed by atoms with Gasteiger partial charge in [0.2, 0.25) is 5.88 Å². The van der Waals surface area contributed by atoms with E-state index in [1.54, 1.807) is 22.8 Å². The summed E-state index contributed by atoms with van der Waals surface area (Å²) in [4.78, 5) is 4.56. The van der Waals surface area contributed by atoms with Crippen LogP contribution < -0.4 is 0 Å². The number of benzene rings is 2. The van der Waals surface area contributed by atoms with Gasteiger partial charge in [-0.1, -0.05) is 41.7 Å². The molecule has 1 N–H and O–H groups in total. The summed E-state index contributed by atoms with van der Waals surface area (Å²) in [5.74, 6) is -0.411. The zero-order chi connectivity index (χ0) is 15.5. The summed E-state index contributed by atoms with van der Waals surface area (Å²) in [5.41, 5.74) is 0.985. The zero-order valence-corrected chi connectivity index (χ0v) is 12.9. The Bertz CT molecular complexity index is 885. The predicted molar refractivity (Wildman–Crippen MR) is 89.8 cm³/mol. The van der Waals surface area contributed by atoms with E-state index >= 15 is 0 Å². The molecule has 22 heavy (non-hydrogen) atoms. The van der Waals surface area contributed by atoms with E-state index in [0.29, 0.717) is 8.83 Å². The van der Waals surface area contributed by atoms with Gasteiger partial charge in [0.1, 0.15) is 10.7 Å². The predicted octanol–water partition coefficient (Wildman–Crippen LogP) is 4.86. The molecule has 0 aliphatic heterocycles. The highest BCUT2D eigenvalue weighted by atomic mass is 32.1. The van der Waals surface area contributed by atoms with E-state index in [2.05, 4.69) is 4.99 Å². The number of aliphatic imine (C=N–C) groups is 1. The van der Waals surface area contributed by atoms with Crippen LogP contribution in [0.4, 0.5) is 10.1 Å². The Kier molecular flexibility index (Phi) is 4.13. The number of thiazole rings is 1. The SMILES string of the molecule is Oc1c(C=Nc2ccccc2F)sc(=S)n1-c1ccccc1. The molecule has 0 bridgehead atoms. The first-order valence-electron chi connectivity index (χ1n) is 6.45. The number of para-hydroxylation sites is 2. The van der Waals surface area contributed by atoms with Crippen LogP contribution >= 0.6 is 23.6 Å². The van der Waals surface area contributed by atoms with E-state index in [1.165, 1.54) is 23.6 Å². The summed E-state index contributed by atoms with van der Waals surface area (Å²) in [6.07, 6.45) is 1.42. The summed E-state index contributed by atoms with van der Waals surface area (Å²) in [6, 6.07) is 15.5. The first-order chi connectivity index (χ1) is 10.7. The fourth-order valence-electron chi connectivity index (χ4n) is 1.96. The highest BCUT2D eigenvalue weighted by Crippen LogP contribution is 2.29. The summed E-state index contributed by atoms with van der Waals surface area (Å²) in [7, 11) is 0. The van der Waals surface area contributed by atoms with E-state index in [1.807, 2.05) is 30.3 Å². The van der Waals surface area contributed by atoms with E-state index in [0.717, 1.165) is 5.69 Å². The molecule has 0 saturated carbocycles. The maximum atomic E-state index is 13.5. The third kappa shape index (κ3) is 2.84. The van der Waals surface area contributed by atoms with Gasteiger partial charge in [-0.25, -0.2) is 4.39 Å². The minimum Gasteiger partial charge on any atom is -0.493 e. The van der Waals surface area contributed by atoms with Crippen LogP contribution in [0.5, 0.6) is 5.88 Å². The Morgan fingerprint density at radius 3 is 2.50 bits per heavy atom.